The smallest absolute Gasteiger partial charge is 0.335 e. The molecular weight excluding hydrogens is 268 g/mol. The SMILES string of the molecule is O=C(O)c1ccnc(Sc2ccccc2[N+](=O)[O-])c1. The van der Waals surface area contributed by atoms with Gasteiger partial charge in [-0.25, -0.2) is 9.78 Å². The first-order chi connectivity index (χ1) is 9.08. The number of hydrogen-bond donors (Lipinski definition) is 1. The van der Waals surface area contributed by atoms with Gasteiger partial charge in [-0.1, -0.05) is 23.9 Å². The van der Waals surface area contributed by atoms with Crippen LogP contribution in [-0.4, -0.2) is 21.0 Å². The van der Waals surface area contributed by atoms with Gasteiger partial charge in [0.15, 0.2) is 0 Å². The zero-order valence-corrected chi connectivity index (χ0v) is 10.3. The van der Waals surface area contributed by atoms with E-state index in [0.29, 0.717) is 9.92 Å². The average molecular weight is 276 g/mol. The molecular formula is C12H8N2O4S. The van der Waals surface area contributed by atoms with Crippen LogP contribution in [0.5, 0.6) is 0 Å². The van der Waals surface area contributed by atoms with Crippen LogP contribution in [0.2, 0.25) is 0 Å². The fourth-order valence-electron chi connectivity index (χ4n) is 1.41. The van der Waals surface area contributed by atoms with Crippen molar-refractivity contribution in [2.45, 2.75) is 9.92 Å². The second-order valence-electron chi connectivity index (χ2n) is 3.51. The van der Waals surface area contributed by atoms with Crippen LogP contribution in [0, 0.1) is 10.1 Å². The molecule has 0 aliphatic carbocycles. The van der Waals surface area contributed by atoms with Gasteiger partial charge in [0.2, 0.25) is 0 Å². The van der Waals surface area contributed by atoms with E-state index in [9.17, 15) is 14.9 Å². The van der Waals surface area contributed by atoms with Crippen molar-refractivity contribution in [1.82, 2.24) is 4.98 Å². The van der Waals surface area contributed by atoms with Gasteiger partial charge in [0.1, 0.15) is 5.03 Å². The summed E-state index contributed by atoms with van der Waals surface area (Å²) in [6.07, 6.45) is 1.36. The second-order valence-corrected chi connectivity index (χ2v) is 4.58. The molecule has 6 nitrogen and oxygen atoms in total. The number of carbonyl (C=O) groups is 1. The summed E-state index contributed by atoms with van der Waals surface area (Å²) in [7, 11) is 0. The molecule has 1 aromatic heterocycles. The van der Waals surface area contributed by atoms with Crippen LogP contribution in [0.25, 0.3) is 0 Å². The molecule has 2 rings (SSSR count). The van der Waals surface area contributed by atoms with Crippen molar-refractivity contribution < 1.29 is 14.8 Å². The van der Waals surface area contributed by atoms with Crippen molar-refractivity contribution in [3.8, 4) is 0 Å². The second kappa shape index (κ2) is 5.49. The van der Waals surface area contributed by atoms with Crippen molar-refractivity contribution >= 4 is 23.4 Å². The number of nitrogens with zero attached hydrogens (tertiary/aromatic N) is 2. The number of carboxylic acids is 1. The Balaban J connectivity index is 2.34. The summed E-state index contributed by atoms with van der Waals surface area (Å²) in [5.41, 5.74) is 0.0612. The van der Waals surface area contributed by atoms with Gasteiger partial charge in [-0.05, 0) is 18.2 Å². The lowest BCUT2D eigenvalue weighted by atomic mass is 10.3. The molecule has 7 heteroatoms. The largest absolute Gasteiger partial charge is 0.478 e. The molecule has 1 heterocycles. The van der Waals surface area contributed by atoms with Gasteiger partial charge in [0, 0.05) is 12.3 Å². The maximum Gasteiger partial charge on any atom is 0.335 e. The van der Waals surface area contributed by atoms with Gasteiger partial charge < -0.3 is 5.11 Å². The zero-order chi connectivity index (χ0) is 13.8. The van der Waals surface area contributed by atoms with Crippen molar-refractivity contribution in [1.29, 1.82) is 0 Å². The van der Waals surface area contributed by atoms with Crippen LogP contribution < -0.4 is 0 Å². The minimum atomic E-state index is -1.06. The van der Waals surface area contributed by atoms with Crippen molar-refractivity contribution in [3.63, 3.8) is 0 Å². The number of aromatic carboxylic acids is 1. The fraction of sp³-hybridized carbons (Fsp3) is 0. The Morgan fingerprint density at radius 1 is 1.32 bits per heavy atom. The quantitative estimate of drug-likeness (QED) is 0.681. The van der Waals surface area contributed by atoms with E-state index in [1.807, 2.05) is 0 Å². The lowest BCUT2D eigenvalue weighted by Crippen LogP contribution is -1.97. The molecule has 0 amide bonds. The first-order valence-electron chi connectivity index (χ1n) is 5.18. The highest BCUT2D eigenvalue weighted by molar-refractivity contribution is 7.99. The van der Waals surface area contributed by atoms with Gasteiger partial charge in [0.25, 0.3) is 5.69 Å². The van der Waals surface area contributed by atoms with E-state index >= 15 is 0 Å². The first kappa shape index (κ1) is 13.0. The van der Waals surface area contributed by atoms with E-state index < -0.39 is 10.9 Å². The standard InChI is InChI=1S/C12H8N2O4S/c15-12(16)8-5-6-13-11(7-8)19-10-4-2-1-3-9(10)14(17)18/h1-7H,(H,15,16). The Kier molecular flexibility index (Phi) is 3.76. The van der Waals surface area contributed by atoms with E-state index in [2.05, 4.69) is 4.98 Å². The highest BCUT2D eigenvalue weighted by Crippen LogP contribution is 2.33. The molecule has 1 N–H and O–H groups in total. The third-order valence-electron chi connectivity index (χ3n) is 2.26. The molecule has 0 aliphatic heterocycles. The van der Waals surface area contributed by atoms with E-state index in [4.69, 9.17) is 5.11 Å². The Bertz CT molecular complexity index is 645. The van der Waals surface area contributed by atoms with E-state index in [-0.39, 0.29) is 11.3 Å². The molecule has 96 valence electrons. The molecule has 0 unspecified atom stereocenters. The summed E-state index contributed by atoms with van der Waals surface area (Å²) in [5, 5.41) is 20.1. The van der Waals surface area contributed by atoms with Crippen LogP contribution in [0.15, 0.2) is 52.5 Å². The number of nitro benzene ring substituents is 1. The molecule has 0 atom stereocenters. The number of pyridine rings is 1. The number of hydrogen-bond acceptors (Lipinski definition) is 5. The monoisotopic (exact) mass is 276 g/mol. The van der Waals surface area contributed by atoms with E-state index in [0.717, 1.165) is 11.8 Å². The number of benzene rings is 1. The van der Waals surface area contributed by atoms with Gasteiger partial charge >= 0.3 is 5.97 Å². The van der Waals surface area contributed by atoms with Gasteiger partial charge in [-0.2, -0.15) is 0 Å². The first-order valence-corrected chi connectivity index (χ1v) is 6.00. The molecule has 0 spiro atoms. The topological polar surface area (TPSA) is 93.3 Å². The van der Waals surface area contributed by atoms with Gasteiger partial charge in [-0.15, -0.1) is 0 Å². The summed E-state index contributed by atoms with van der Waals surface area (Å²) in [6.45, 7) is 0. The summed E-state index contributed by atoms with van der Waals surface area (Å²) < 4.78 is 0. The predicted molar refractivity (Wildman–Crippen MR) is 68.4 cm³/mol. The Hall–Kier alpha value is -2.41. The van der Waals surface area contributed by atoms with Crippen molar-refractivity contribution in [2.24, 2.45) is 0 Å². The van der Waals surface area contributed by atoms with Crippen LogP contribution in [0.4, 0.5) is 5.69 Å². The van der Waals surface area contributed by atoms with Crippen LogP contribution in [0.3, 0.4) is 0 Å². The molecule has 0 radical (unpaired) electrons. The maximum atomic E-state index is 10.9. The normalized spacial score (nSPS) is 10.1. The molecule has 2 aromatic rings. The summed E-state index contributed by atoms with van der Waals surface area (Å²) in [5.74, 6) is -1.06. The Morgan fingerprint density at radius 2 is 2.05 bits per heavy atom. The molecule has 19 heavy (non-hydrogen) atoms. The highest BCUT2D eigenvalue weighted by Gasteiger charge is 2.14. The molecule has 0 saturated heterocycles. The third-order valence-corrected chi connectivity index (χ3v) is 3.26. The average Bonchev–Trinajstić information content (AvgIpc) is 2.39. The Labute approximate surface area is 112 Å². The predicted octanol–water partition coefficient (Wildman–Crippen LogP) is 2.84. The number of rotatable bonds is 4. The third kappa shape index (κ3) is 3.08. The summed E-state index contributed by atoms with van der Waals surface area (Å²) in [4.78, 5) is 25.6. The maximum absolute atomic E-state index is 10.9. The minimum absolute atomic E-state index is 0.0324. The highest BCUT2D eigenvalue weighted by atomic mass is 32.2. The number of para-hydroxylation sites is 1. The van der Waals surface area contributed by atoms with Crippen molar-refractivity contribution in [2.75, 3.05) is 0 Å². The van der Waals surface area contributed by atoms with Crippen LogP contribution in [0.1, 0.15) is 10.4 Å². The van der Waals surface area contributed by atoms with Gasteiger partial charge in [0.05, 0.1) is 15.4 Å². The Morgan fingerprint density at radius 3 is 2.74 bits per heavy atom. The zero-order valence-electron chi connectivity index (χ0n) is 9.52. The number of aromatic nitrogens is 1. The lowest BCUT2D eigenvalue weighted by Gasteiger charge is -2.02. The van der Waals surface area contributed by atoms with E-state index in [1.54, 1.807) is 18.2 Å². The van der Waals surface area contributed by atoms with Gasteiger partial charge in [-0.3, -0.25) is 10.1 Å². The fourth-order valence-corrected chi connectivity index (χ4v) is 2.32. The number of nitro groups is 1. The van der Waals surface area contributed by atoms with E-state index in [1.165, 1.54) is 24.4 Å². The molecule has 0 fully saturated rings. The molecule has 0 bridgehead atoms. The summed E-state index contributed by atoms with van der Waals surface area (Å²) in [6, 6.07) is 8.98. The minimum Gasteiger partial charge on any atom is -0.478 e. The lowest BCUT2D eigenvalue weighted by molar-refractivity contribution is -0.387. The molecule has 0 aliphatic rings. The van der Waals surface area contributed by atoms with Crippen molar-refractivity contribution in [3.05, 3.63) is 58.3 Å². The summed E-state index contributed by atoms with van der Waals surface area (Å²) >= 11 is 1.06. The van der Waals surface area contributed by atoms with Crippen LogP contribution >= 0.6 is 11.8 Å². The molecule has 0 saturated carbocycles. The van der Waals surface area contributed by atoms with Crippen LogP contribution in [-0.2, 0) is 0 Å². The number of carboxylic acid groups (broad SMARTS) is 1. The molecule has 1 aromatic carbocycles.